The predicted octanol–water partition coefficient (Wildman–Crippen LogP) is 4.80. The minimum Gasteiger partial charge on any atom is -0.434 e. The maximum absolute atomic E-state index is 14.3. The molecule has 1 aromatic carbocycles. The van der Waals surface area contributed by atoms with Gasteiger partial charge in [-0.1, -0.05) is 0 Å². The molecule has 3 amide bonds. The number of benzene rings is 1. The first-order valence-corrected chi connectivity index (χ1v) is 16.3. The van der Waals surface area contributed by atoms with E-state index in [0.29, 0.717) is 18.3 Å². The van der Waals surface area contributed by atoms with E-state index >= 15 is 0 Å². The van der Waals surface area contributed by atoms with E-state index in [0.717, 1.165) is 71.2 Å². The van der Waals surface area contributed by atoms with Crippen LogP contribution in [0.3, 0.4) is 0 Å². The van der Waals surface area contributed by atoms with Crippen LogP contribution in [0, 0.1) is 17.2 Å². The van der Waals surface area contributed by atoms with Crippen molar-refractivity contribution in [3.8, 4) is 11.6 Å². The maximum atomic E-state index is 14.3. The molecule has 3 fully saturated rings. The molecule has 3 heterocycles. The fraction of sp³-hybridized carbons (Fsp3) is 0.667. The number of amides is 3. The smallest absolute Gasteiger partial charge is 0.317 e. The van der Waals surface area contributed by atoms with E-state index in [1.54, 1.807) is 23.9 Å². The average molecular weight is 625 g/mol. The molecule has 0 atom stereocenters. The van der Waals surface area contributed by atoms with Crippen LogP contribution in [0.2, 0.25) is 0 Å². The molecule has 45 heavy (non-hydrogen) atoms. The normalized spacial score (nSPS) is 23.0. The summed E-state index contributed by atoms with van der Waals surface area (Å²) in [7, 11) is 3.57. The first kappa shape index (κ1) is 32.8. The molecule has 1 N–H and O–H groups in total. The van der Waals surface area contributed by atoms with Crippen LogP contribution in [0.1, 0.15) is 76.6 Å². The first-order valence-electron chi connectivity index (χ1n) is 16.3. The second kappa shape index (κ2) is 13.4. The summed E-state index contributed by atoms with van der Waals surface area (Å²) in [5, 5.41) is 11.4. The number of anilines is 1. The second-order valence-electron chi connectivity index (χ2n) is 14.0. The van der Waals surface area contributed by atoms with Gasteiger partial charge in [-0.3, -0.25) is 4.79 Å². The van der Waals surface area contributed by atoms with Crippen LogP contribution in [0.4, 0.5) is 15.0 Å². The fourth-order valence-electron chi connectivity index (χ4n) is 7.10. The lowest BCUT2D eigenvalue weighted by Gasteiger charge is -2.54. The van der Waals surface area contributed by atoms with Gasteiger partial charge >= 0.3 is 6.03 Å². The topological polar surface area (TPSA) is 107 Å². The van der Waals surface area contributed by atoms with Gasteiger partial charge in [0.2, 0.25) is 0 Å². The number of aromatic nitrogens is 3. The third kappa shape index (κ3) is 7.48. The zero-order valence-electron chi connectivity index (χ0n) is 27.7. The molecule has 0 radical (unpaired) electrons. The number of nitrogens with zero attached hydrogens (tertiary/aromatic N) is 7. The fourth-order valence-corrected chi connectivity index (χ4v) is 7.10. The number of likely N-dealkylation sites (tertiary alicyclic amines) is 1. The highest BCUT2D eigenvalue weighted by Gasteiger charge is 2.46. The Labute approximate surface area is 266 Å². The zero-order chi connectivity index (χ0) is 32.4. The first-order chi connectivity index (χ1) is 21.4. The Morgan fingerprint density at radius 3 is 2.44 bits per heavy atom. The molecular weight excluding hydrogens is 575 g/mol. The van der Waals surface area contributed by atoms with E-state index < -0.39 is 5.82 Å². The van der Waals surface area contributed by atoms with Crippen LogP contribution in [0.15, 0.2) is 24.5 Å². The molecule has 1 aromatic heterocycles. The number of nitrogens with one attached hydrogen (secondary N) is 1. The number of piperidine rings is 1. The van der Waals surface area contributed by atoms with Gasteiger partial charge in [0.15, 0.2) is 5.82 Å². The minimum atomic E-state index is -0.505. The Kier molecular flexibility index (Phi) is 9.81. The van der Waals surface area contributed by atoms with E-state index in [1.165, 1.54) is 24.5 Å². The molecule has 12 heteroatoms. The lowest BCUT2D eigenvalue weighted by atomic mass is 9.71. The Morgan fingerprint density at radius 1 is 1.13 bits per heavy atom. The van der Waals surface area contributed by atoms with E-state index in [1.807, 2.05) is 20.8 Å². The Bertz CT molecular complexity index is 1350. The van der Waals surface area contributed by atoms with Gasteiger partial charge in [0.25, 0.3) is 11.8 Å². The summed E-state index contributed by atoms with van der Waals surface area (Å²) in [5.74, 6) is 0.896. The number of rotatable bonds is 9. The van der Waals surface area contributed by atoms with Crippen molar-refractivity contribution >= 4 is 17.8 Å². The quantitative estimate of drug-likeness (QED) is 0.424. The summed E-state index contributed by atoms with van der Waals surface area (Å²) in [6.45, 7) is 13.4. The highest BCUT2D eigenvalue weighted by Crippen LogP contribution is 2.45. The third-order valence-electron chi connectivity index (χ3n) is 9.98. The van der Waals surface area contributed by atoms with Gasteiger partial charge in [-0.05, 0) is 103 Å². The number of carbonyl (C=O) groups is 2. The van der Waals surface area contributed by atoms with Crippen molar-refractivity contribution in [1.29, 1.82) is 0 Å². The summed E-state index contributed by atoms with van der Waals surface area (Å²) in [5.41, 5.74) is 0.265. The number of halogens is 1. The largest absolute Gasteiger partial charge is 0.434 e. The van der Waals surface area contributed by atoms with E-state index in [-0.39, 0.29) is 46.1 Å². The van der Waals surface area contributed by atoms with Crippen molar-refractivity contribution in [2.45, 2.75) is 77.8 Å². The Hall–Kier alpha value is -3.54. The summed E-state index contributed by atoms with van der Waals surface area (Å²) >= 11 is 0. The molecule has 1 spiro atoms. The molecule has 0 bridgehead atoms. The van der Waals surface area contributed by atoms with Crippen molar-refractivity contribution in [3.63, 3.8) is 0 Å². The van der Waals surface area contributed by atoms with Gasteiger partial charge in [-0.25, -0.2) is 14.2 Å². The molecule has 2 aromatic rings. The van der Waals surface area contributed by atoms with Crippen LogP contribution < -0.4 is 15.0 Å². The lowest BCUT2D eigenvalue weighted by Crippen LogP contribution is -2.61. The summed E-state index contributed by atoms with van der Waals surface area (Å²) in [4.78, 5) is 38.0. The number of hydrogen-bond acceptors (Lipinski definition) is 8. The summed E-state index contributed by atoms with van der Waals surface area (Å²) < 4.78 is 20.4. The van der Waals surface area contributed by atoms with Gasteiger partial charge in [0.05, 0.1) is 5.56 Å². The predicted molar refractivity (Wildman–Crippen MR) is 171 cm³/mol. The molecule has 2 aliphatic heterocycles. The lowest BCUT2D eigenvalue weighted by molar-refractivity contribution is 0.0583. The molecule has 246 valence electrons. The van der Waals surface area contributed by atoms with Gasteiger partial charge in [0.1, 0.15) is 17.9 Å². The highest BCUT2D eigenvalue weighted by molar-refractivity contribution is 5.97. The van der Waals surface area contributed by atoms with E-state index in [4.69, 9.17) is 4.74 Å². The molecular formula is C33H49FN8O3. The summed E-state index contributed by atoms with van der Waals surface area (Å²) in [6.07, 6.45) is 7.97. The second-order valence-corrected chi connectivity index (χ2v) is 14.0. The highest BCUT2D eigenvalue weighted by atomic mass is 19.1. The van der Waals surface area contributed by atoms with Gasteiger partial charge in [-0.15, -0.1) is 10.2 Å². The van der Waals surface area contributed by atoms with Crippen LogP contribution >= 0.6 is 0 Å². The van der Waals surface area contributed by atoms with Crippen molar-refractivity contribution < 1.29 is 18.7 Å². The Morgan fingerprint density at radius 2 is 1.82 bits per heavy atom. The number of hydrogen-bond donors (Lipinski definition) is 1. The molecule has 3 aliphatic rings. The molecule has 0 unspecified atom stereocenters. The molecule has 1 saturated carbocycles. The van der Waals surface area contributed by atoms with Crippen molar-refractivity contribution in [2.75, 3.05) is 58.3 Å². The van der Waals surface area contributed by atoms with E-state index in [9.17, 15) is 14.0 Å². The van der Waals surface area contributed by atoms with Crippen molar-refractivity contribution in [2.24, 2.45) is 11.3 Å². The number of urea groups is 1. The van der Waals surface area contributed by atoms with Crippen molar-refractivity contribution in [3.05, 3.63) is 35.9 Å². The van der Waals surface area contributed by atoms with Crippen molar-refractivity contribution in [1.82, 2.24) is 35.2 Å². The average Bonchev–Trinajstić information content (AvgIpc) is 2.99. The van der Waals surface area contributed by atoms with E-state index in [2.05, 4.69) is 37.2 Å². The minimum absolute atomic E-state index is 0.0106. The molecule has 11 nitrogen and oxygen atoms in total. The SMILES string of the molecule is CCN(C(=O)c1cc(F)ccc1Oc1nncnc1N1CC2(CCN(C[C@H]3CC[C@](C)(NC(=O)N(C)C)CC3)CC2)C1)C(C)C. The number of ether oxygens (including phenoxy) is 1. The maximum Gasteiger partial charge on any atom is 0.317 e. The molecule has 1 aliphatic carbocycles. The molecule has 5 rings (SSSR count). The van der Waals surface area contributed by atoms with Gasteiger partial charge < -0.3 is 29.7 Å². The Balaban J connectivity index is 1.15. The third-order valence-corrected chi connectivity index (χ3v) is 9.98. The molecule has 2 saturated heterocycles. The standard InChI is InChI=1S/C33H49FN8O3/c1-7-42(23(2)3)30(43)26-18-25(34)8-9-27(26)45-29-28(35-22-36-38-29)41-20-33(21-41)14-16-40(17-15-33)19-24-10-12-32(4,13-11-24)37-31(44)39(5)6/h8-9,18,22-24H,7,10-17,19-21H2,1-6H3,(H,37,44)/t24-,32-. The van der Waals surface area contributed by atoms with Gasteiger partial charge in [-0.2, -0.15) is 0 Å². The van der Waals surface area contributed by atoms with Crippen LogP contribution in [0.25, 0.3) is 0 Å². The number of carbonyl (C=O) groups excluding carboxylic acids is 2. The zero-order valence-corrected chi connectivity index (χ0v) is 27.7. The monoisotopic (exact) mass is 624 g/mol. The van der Waals surface area contributed by atoms with Gasteiger partial charge in [0, 0.05) is 57.3 Å². The van der Waals surface area contributed by atoms with Crippen LogP contribution in [0.5, 0.6) is 11.6 Å². The summed E-state index contributed by atoms with van der Waals surface area (Å²) in [6, 6.07) is 3.91. The van der Waals surface area contributed by atoms with Crippen LogP contribution in [-0.4, -0.2) is 107 Å². The van der Waals surface area contributed by atoms with Crippen LogP contribution in [-0.2, 0) is 0 Å².